The Labute approximate surface area is 208 Å². The van der Waals surface area contributed by atoms with Gasteiger partial charge < -0.3 is 10.2 Å². The lowest BCUT2D eigenvalue weighted by atomic mass is 10.1. The summed E-state index contributed by atoms with van der Waals surface area (Å²) >= 11 is 5.99. The third-order valence-electron chi connectivity index (χ3n) is 5.58. The van der Waals surface area contributed by atoms with Gasteiger partial charge >= 0.3 is 0 Å². The quantitative estimate of drug-likeness (QED) is 0.440. The van der Waals surface area contributed by atoms with Gasteiger partial charge in [-0.05, 0) is 49.1 Å². The van der Waals surface area contributed by atoms with E-state index in [9.17, 15) is 18.0 Å². The van der Waals surface area contributed by atoms with Crippen molar-refractivity contribution in [1.82, 2.24) is 10.2 Å². The molecule has 2 aromatic carbocycles. The number of sulfonamides is 1. The lowest BCUT2D eigenvalue weighted by molar-refractivity contribution is -0.139. The first-order valence-electron chi connectivity index (χ1n) is 11.5. The Kier molecular flexibility index (Phi) is 10.4. The normalized spacial score (nSPS) is 12.1. The molecule has 1 N–H and O–H groups in total. The molecule has 1 atom stereocenters. The molecule has 0 aliphatic carbocycles. The Morgan fingerprint density at radius 3 is 2.29 bits per heavy atom. The second kappa shape index (κ2) is 12.8. The molecule has 0 aliphatic rings. The summed E-state index contributed by atoms with van der Waals surface area (Å²) in [5.74, 6) is -0.750. The van der Waals surface area contributed by atoms with E-state index in [4.69, 9.17) is 11.6 Å². The van der Waals surface area contributed by atoms with Crippen LogP contribution in [0.4, 0.5) is 5.69 Å². The van der Waals surface area contributed by atoms with Crippen LogP contribution in [0.15, 0.2) is 48.5 Å². The summed E-state index contributed by atoms with van der Waals surface area (Å²) in [6.45, 7) is 5.86. The minimum Gasteiger partial charge on any atom is -0.354 e. The lowest BCUT2D eigenvalue weighted by Gasteiger charge is -2.32. The number of carbonyl (C=O) groups excluding carboxylic acids is 2. The number of para-hydroxylation sites is 1. The topological polar surface area (TPSA) is 86.8 Å². The monoisotopic (exact) mass is 507 g/mol. The molecule has 1 unspecified atom stereocenters. The molecule has 0 saturated heterocycles. The number of unbranched alkanes of at least 4 members (excludes halogenated alkanes) is 1. The van der Waals surface area contributed by atoms with Gasteiger partial charge in [-0.3, -0.25) is 13.9 Å². The molecule has 7 nitrogen and oxygen atoms in total. The highest BCUT2D eigenvalue weighted by molar-refractivity contribution is 7.92. The molecule has 0 spiro atoms. The van der Waals surface area contributed by atoms with E-state index in [-0.39, 0.29) is 12.5 Å². The van der Waals surface area contributed by atoms with E-state index in [0.717, 1.165) is 34.5 Å². The van der Waals surface area contributed by atoms with Gasteiger partial charge in [0.05, 0.1) is 11.9 Å². The van der Waals surface area contributed by atoms with Crippen molar-refractivity contribution in [3.63, 3.8) is 0 Å². The highest BCUT2D eigenvalue weighted by atomic mass is 35.5. The molecule has 186 valence electrons. The second-order valence-corrected chi connectivity index (χ2v) is 10.6. The molecule has 0 radical (unpaired) electrons. The van der Waals surface area contributed by atoms with E-state index < -0.39 is 28.5 Å². The maximum Gasteiger partial charge on any atom is 0.244 e. The smallest absolute Gasteiger partial charge is 0.244 e. The Balaban J connectivity index is 2.37. The third-order valence-corrected chi connectivity index (χ3v) is 6.96. The summed E-state index contributed by atoms with van der Waals surface area (Å²) in [7, 11) is -3.75. The fourth-order valence-corrected chi connectivity index (χ4v) is 4.56. The number of amides is 2. The number of nitrogens with zero attached hydrogens (tertiary/aromatic N) is 2. The zero-order valence-electron chi connectivity index (χ0n) is 20.3. The van der Waals surface area contributed by atoms with Crippen molar-refractivity contribution in [3.05, 3.63) is 64.7 Å². The van der Waals surface area contributed by atoms with Gasteiger partial charge in [0.1, 0.15) is 12.6 Å². The lowest BCUT2D eigenvalue weighted by Crippen LogP contribution is -2.51. The van der Waals surface area contributed by atoms with Crippen molar-refractivity contribution in [2.24, 2.45) is 0 Å². The van der Waals surface area contributed by atoms with Gasteiger partial charge in [0.15, 0.2) is 0 Å². The fourth-order valence-electron chi connectivity index (χ4n) is 3.55. The van der Waals surface area contributed by atoms with Gasteiger partial charge in [-0.1, -0.05) is 62.2 Å². The molecule has 0 saturated carbocycles. The number of aryl methyl sites for hydroxylation is 1. The van der Waals surface area contributed by atoms with Crippen LogP contribution in [0, 0.1) is 0 Å². The van der Waals surface area contributed by atoms with Crippen LogP contribution < -0.4 is 9.62 Å². The Hall–Kier alpha value is -2.58. The average molecular weight is 508 g/mol. The average Bonchev–Trinajstić information content (AvgIpc) is 2.81. The van der Waals surface area contributed by atoms with Gasteiger partial charge in [-0.2, -0.15) is 0 Å². The van der Waals surface area contributed by atoms with Crippen LogP contribution in [0.5, 0.6) is 0 Å². The van der Waals surface area contributed by atoms with E-state index in [0.29, 0.717) is 23.7 Å². The highest BCUT2D eigenvalue weighted by Gasteiger charge is 2.30. The molecule has 0 bridgehead atoms. The van der Waals surface area contributed by atoms with Crippen molar-refractivity contribution in [3.8, 4) is 0 Å². The van der Waals surface area contributed by atoms with E-state index in [2.05, 4.69) is 5.32 Å². The van der Waals surface area contributed by atoms with Crippen LogP contribution >= 0.6 is 11.6 Å². The molecular formula is C25H34ClN3O4S. The van der Waals surface area contributed by atoms with Gasteiger partial charge in [-0.15, -0.1) is 0 Å². The van der Waals surface area contributed by atoms with Crippen molar-refractivity contribution < 1.29 is 18.0 Å². The molecule has 9 heteroatoms. The number of hydrogen-bond donors (Lipinski definition) is 1. The molecule has 0 aliphatic heterocycles. The van der Waals surface area contributed by atoms with Crippen molar-refractivity contribution in [2.75, 3.05) is 23.7 Å². The van der Waals surface area contributed by atoms with Gasteiger partial charge in [0.25, 0.3) is 0 Å². The molecule has 0 aromatic heterocycles. The fraction of sp³-hybridized carbons (Fsp3) is 0.440. The first kappa shape index (κ1) is 27.7. The number of nitrogens with one attached hydrogen (secondary N) is 1. The van der Waals surface area contributed by atoms with E-state index in [1.165, 1.54) is 4.90 Å². The van der Waals surface area contributed by atoms with E-state index >= 15 is 0 Å². The number of hydrogen-bond acceptors (Lipinski definition) is 4. The molecule has 2 aromatic rings. The Morgan fingerprint density at radius 1 is 1.06 bits per heavy atom. The summed E-state index contributed by atoms with van der Waals surface area (Å²) in [5.41, 5.74) is 2.06. The summed E-state index contributed by atoms with van der Waals surface area (Å²) in [4.78, 5) is 27.8. The van der Waals surface area contributed by atoms with Crippen LogP contribution in [-0.4, -0.2) is 50.5 Å². The summed E-state index contributed by atoms with van der Waals surface area (Å²) in [6, 6.07) is 13.3. The molecule has 34 heavy (non-hydrogen) atoms. The Morgan fingerprint density at radius 2 is 1.71 bits per heavy atom. The zero-order chi connectivity index (χ0) is 25.3. The van der Waals surface area contributed by atoms with Crippen LogP contribution in [0.25, 0.3) is 0 Å². The summed E-state index contributed by atoms with van der Waals surface area (Å²) in [5, 5.41) is 3.42. The second-order valence-electron chi connectivity index (χ2n) is 8.22. The molecule has 2 rings (SSSR count). The molecular weight excluding hydrogens is 474 g/mol. The minimum atomic E-state index is -3.75. The maximum atomic E-state index is 13.5. The van der Waals surface area contributed by atoms with Crippen molar-refractivity contribution in [1.29, 1.82) is 0 Å². The number of anilines is 1. The molecule has 0 heterocycles. The standard InChI is InChI=1S/C25H34ClN3O4S/c1-5-7-16-27-25(31)19(3)28(17-20-12-14-22(26)15-13-20)24(30)18-29(34(4,32)33)23-11-9-8-10-21(23)6-2/h8-15,19H,5-7,16-18H2,1-4H3,(H,27,31). The van der Waals surface area contributed by atoms with Crippen LogP contribution in [-0.2, 0) is 32.6 Å². The highest BCUT2D eigenvalue weighted by Crippen LogP contribution is 2.24. The van der Waals surface area contributed by atoms with Crippen molar-refractivity contribution in [2.45, 2.75) is 52.6 Å². The van der Waals surface area contributed by atoms with Gasteiger partial charge in [-0.25, -0.2) is 8.42 Å². The largest absolute Gasteiger partial charge is 0.354 e. The zero-order valence-corrected chi connectivity index (χ0v) is 21.8. The van der Waals surface area contributed by atoms with Crippen LogP contribution in [0.3, 0.4) is 0 Å². The van der Waals surface area contributed by atoms with Crippen LogP contribution in [0.1, 0.15) is 44.7 Å². The number of rotatable bonds is 12. The SMILES string of the molecule is CCCCNC(=O)C(C)N(Cc1ccc(Cl)cc1)C(=O)CN(c1ccccc1CC)S(C)(=O)=O. The van der Waals surface area contributed by atoms with Gasteiger partial charge in [0, 0.05) is 18.1 Å². The predicted octanol–water partition coefficient (Wildman–Crippen LogP) is 4.00. The summed E-state index contributed by atoms with van der Waals surface area (Å²) in [6.07, 6.45) is 3.46. The first-order chi connectivity index (χ1) is 16.1. The number of halogens is 1. The number of carbonyl (C=O) groups is 2. The number of benzene rings is 2. The summed E-state index contributed by atoms with van der Waals surface area (Å²) < 4.78 is 26.5. The first-order valence-corrected chi connectivity index (χ1v) is 13.7. The third kappa shape index (κ3) is 7.74. The van der Waals surface area contributed by atoms with Crippen molar-refractivity contribution >= 4 is 39.1 Å². The van der Waals surface area contributed by atoms with E-state index in [1.54, 1.807) is 43.3 Å². The maximum absolute atomic E-state index is 13.5. The predicted molar refractivity (Wildman–Crippen MR) is 137 cm³/mol. The minimum absolute atomic E-state index is 0.144. The molecule has 2 amide bonds. The van der Waals surface area contributed by atoms with Crippen LogP contribution in [0.2, 0.25) is 5.02 Å². The Bertz CT molecular complexity index is 1070. The van der Waals surface area contributed by atoms with E-state index in [1.807, 2.05) is 26.0 Å². The molecule has 0 fully saturated rings. The van der Waals surface area contributed by atoms with Gasteiger partial charge in [0.2, 0.25) is 21.8 Å².